The molecule has 0 aliphatic carbocycles. The molecule has 0 radical (unpaired) electrons. The van der Waals surface area contributed by atoms with Gasteiger partial charge in [0.15, 0.2) is 0 Å². The molecule has 2 heterocycles. The van der Waals surface area contributed by atoms with Crippen LogP contribution in [0.3, 0.4) is 0 Å². The van der Waals surface area contributed by atoms with Gasteiger partial charge in [0, 0.05) is 29.7 Å². The lowest BCUT2D eigenvalue weighted by atomic mass is 10.1. The molecule has 2 aromatic heterocycles. The monoisotopic (exact) mass is 431 g/mol. The van der Waals surface area contributed by atoms with E-state index in [2.05, 4.69) is 25.6 Å². The molecule has 3 N–H and O–H groups in total. The zero-order valence-corrected chi connectivity index (χ0v) is 17.4. The first-order valence-electron chi connectivity index (χ1n) is 9.79. The minimum Gasteiger partial charge on any atom is -0.394 e. The minimum absolute atomic E-state index is 0.110. The predicted octanol–water partition coefficient (Wildman–Crippen LogP) is 5.04. The molecule has 0 unspecified atom stereocenters. The number of pyridine rings is 1. The Morgan fingerprint density at radius 3 is 2.48 bits per heavy atom. The highest BCUT2D eigenvalue weighted by Gasteiger charge is 2.32. The third kappa shape index (κ3) is 5.69. The maximum atomic E-state index is 13.3. The summed E-state index contributed by atoms with van der Waals surface area (Å²) in [5.74, 6) is 0.673. The van der Waals surface area contributed by atoms with E-state index >= 15 is 0 Å². The van der Waals surface area contributed by atoms with E-state index in [1.54, 1.807) is 30.6 Å². The van der Waals surface area contributed by atoms with Gasteiger partial charge in [-0.25, -0.2) is 4.98 Å². The van der Waals surface area contributed by atoms with Crippen LogP contribution in [0.5, 0.6) is 0 Å². The predicted molar refractivity (Wildman–Crippen MR) is 114 cm³/mol. The molecule has 0 fully saturated rings. The molecule has 0 saturated carbocycles. The molecule has 0 saturated heterocycles. The molecule has 3 aromatic rings. The second-order valence-electron chi connectivity index (χ2n) is 7.53. The Balaban J connectivity index is 2.00. The van der Waals surface area contributed by atoms with E-state index in [1.807, 2.05) is 19.9 Å². The van der Waals surface area contributed by atoms with Crippen LogP contribution in [0, 0.1) is 12.8 Å². The Labute approximate surface area is 178 Å². The first-order chi connectivity index (χ1) is 14.7. The molecule has 9 heteroatoms. The van der Waals surface area contributed by atoms with Gasteiger partial charge in [0.1, 0.15) is 5.82 Å². The number of nitrogens with zero attached hydrogens (tertiary/aromatic N) is 3. The second kappa shape index (κ2) is 9.30. The fraction of sp³-hybridized carbons (Fsp3) is 0.318. The van der Waals surface area contributed by atoms with Gasteiger partial charge < -0.3 is 15.7 Å². The van der Waals surface area contributed by atoms with Crippen LogP contribution in [0.25, 0.3) is 11.3 Å². The number of aryl methyl sites for hydroxylation is 1. The molecule has 1 aromatic carbocycles. The quantitative estimate of drug-likeness (QED) is 0.486. The zero-order valence-electron chi connectivity index (χ0n) is 17.4. The number of rotatable bonds is 7. The van der Waals surface area contributed by atoms with Crippen LogP contribution in [-0.4, -0.2) is 32.7 Å². The van der Waals surface area contributed by atoms with Gasteiger partial charge in [0.05, 0.1) is 23.9 Å². The zero-order chi connectivity index (χ0) is 22.6. The maximum absolute atomic E-state index is 13.3. The molecule has 0 bridgehead atoms. The lowest BCUT2D eigenvalue weighted by molar-refractivity contribution is -0.138. The van der Waals surface area contributed by atoms with Crippen LogP contribution < -0.4 is 10.6 Å². The van der Waals surface area contributed by atoms with E-state index in [9.17, 15) is 18.3 Å². The molecule has 31 heavy (non-hydrogen) atoms. The van der Waals surface area contributed by atoms with Crippen molar-refractivity contribution in [1.29, 1.82) is 0 Å². The van der Waals surface area contributed by atoms with Crippen molar-refractivity contribution in [3.05, 3.63) is 59.9 Å². The number of nitrogens with one attached hydrogen (secondary N) is 2. The summed E-state index contributed by atoms with van der Waals surface area (Å²) >= 11 is 0. The lowest BCUT2D eigenvalue weighted by Crippen LogP contribution is -2.30. The maximum Gasteiger partial charge on any atom is 0.416 e. The van der Waals surface area contributed by atoms with Gasteiger partial charge in [0.25, 0.3) is 0 Å². The Morgan fingerprint density at radius 1 is 1.10 bits per heavy atom. The summed E-state index contributed by atoms with van der Waals surface area (Å²) < 4.78 is 39.8. The molecular formula is C22H24F3N5O. The third-order valence-electron chi connectivity index (χ3n) is 4.81. The minimum atomic E-state index is -4.45. The normalized spacial score (nSPS) is 12.6. The van der Waals surface area contributed by atoms with Crippen LogP contribution in [0.4, 0.5) is 30.6 Å². The smallest absolute Gasteiger partial charge is 0.394 e. The average molecular weight is 431 g/mol. The van der Waals surface area contributed by atoms with Crippen molar-refractivity contribution < 1.29 is 18.3 Å². The van der Waals surface area contributed by atoms with Crippen molar-refractivity contribution in [1.82, 2.24) is 15.0 Å². The fourth-order valence-electron chi connectivity index (χ4n) is 2.98. The molecule has 0 spiro atoms. The summed E-state index contributed by atoms with van der Waals surface area (Å²) in [5.41, 5.74) is 0.944. The number of alkyl halides is 3. The summed E-state index contributed by atoms with van der Waals surface area (Å²) in [6.07, 6.45) is -1.18. The highest BCUT2D eigenvalue weighted by Crippen LogP contribution is 2.34. The summed E-state index contributed by atoms with van der Waals surface area (Å²) in [6, 6.07) is 8.97. The second-order valence-corrected chi connectivity index (χ2v) is 7.53. The topological polar surface area (TPSA) is 83.0 Å². The van der Waals surface area contributed by atoms with Gasteiger partial charge in [-0.2, -0.15) is 18.2 Å². The van der Waals surface area contributed by atoms with E-state index in [-0.39, 0.29) is 35.8 Å². The number of hydrogen-bond donors (Lipinski definition) is 3. The van der Waals surface area contributed by atoms with Crippen LogP contribution in [-0.2, 0) is 6.18 Å². The van der Waals surface area contributed by atoms with Crippen LogP contribution in [0.1, 0.15) is 25.0 Å². The van der Waals surface area contributed by atoms with Crippen LogP contribution >= 0.6 is 0 Å². The summed E-state index contributed by atoms with van der Waals surface area (Å²) in [5, 5.41) is 15.7. The summed E-state index contributed by atoms with van der Waals surface area (Å²) in [7, 11) is 0. The average Bonchev–Trinajstić information content (AvgIpc) is 2.73. The van der Waals surface area contributed by atoms with Crippen molar-refractivity contribution in [2.24, 2.45) is 5.92 Å². The largest absolute Gasteiger partial charge is 0.416 e. The van der Waals surface area contributed by atoms with Gasteiger partial charge in [-0.1, -0.05) is 19.9 Å². The highest BCUT2D eigenvalue weighted by molar-refractivity contribution is 5.67. The SMILES string of the molecule is Cc1ccc(Nc2cc(-c3cccnc3)nc(N[C@@H](CO)C(C)C)n2)cc1C(F)(F)F. The Bertz CT molecular complexity index is 1030. The van der Waals surface area contributed by atoms with Crippen molar-refractivity contribution in [3.8, 4) is 11.3 Å². The van der Waals surface area contributed by atoms with E-state index in [0.29, 0.717) is 11.5 Å². The van der Waals surface area contributed by atoms with E-state index in [4.69, 9.17) is 0 Å². The van der Waals surface area contributed by atoms with Gasteiger partial charge in [-0.15, -0.1) is 0 Å². The number of aliphatic hydroxyl groups is 1. The fourth-order valence-corrected chi connectivity index (χ4v) is 2.98. The van der Waals surface area contributed by atoms with Gasteiger partial charge in [0.2, 0.25) is 5.95 Å². The summed E-state index contributed by atoms with van der Waals surface area (Å²) in [6.45, 7) is 5.19. The Kier molecular flexibility index (Phi) is 6.74. The number of halogens is 3. The number of anilines is 3. The molecule has 6 nitrogen and oxygen atoms in total. The number of aliphatic hydroxyl groups excluding tert-OH is 1. The Hall–Kier alpha value is -3.20. The van der Waals surface area contributed by atoms with E-state index < -0.39 is 11.7 Å². The van der Waals surface area contributed by atoms with Crippen molar-refractivity contribution in [3.63, 3.8) is 0 Å². The first-order valence-corrected chi connectivity index (χ1v) is 9.79. The molecule has 0 amide bonds. The molecule has 1 atom stereocenters. The van der Waals surface area contributed by atoms with Crippen molar-refractivity contribution in [2.75, 3.05) is 17.2 Å². The van der Waals surface area contributed by atoms with E-state index in [1.165, 1.54) is 13.0 Å². The van der Waals surface area contributed by atoms with E-state index in [0.717, 1.165) is 11.6 Å². The van der Waals surface area contributed by atoms with Crippen molar-refractivity contribution >= 4 is 17.5 Å². The molecule has 3 rings (SSSR count). The number of aromatic nitrogens is 3. The van der Waals surface area contributed by atoms with Gasteiger partial charge in [-0.3, -0.25) is 4.98 Å². The molecule has 0 aliphatic heterocycles. The molecule has 0 aliphatic rings. The molecule has 164 valence electrons. The van der Waals surface area contributed by atoms with Gasteiger partial charge >= 0.3 is 6.18 Å². The van der Waals surface area contributed by atoms with Crippen LogP contribution in [0.2, 0.25) is 0 Å². The molecular weight excluding hydrogens is 407 g/mol. The van der Waals surface area contributed by atoms with Gasteiger partial charge in [-0.05, 0) is 42.7 Å². The summed E-state index contributed by atoms with van der Waals surface area (Å²) in [4.78, 5) is 13.0. The van der Waals surface area contributed by atoms with Crippen LogP contribution in [0.15, 0.2) is 48.8 Å². The first kappa shape index (κ1) is 22.5. The Morgan fingerprint density at radius 2 is 1.87 bits per heavy atom. The standard InChI is InChI=1S/C22H24F3N5O/c1-13(2)19(12-31)29-21-28-18(15-5-4-8-26-11-15)10-20(30-21)27-16-7-6-14(3)17(9-16)22(23,24)25/h4-11,13,19,31H,12H2,1-3H3,(H2,27,28,29,30)/t19-/m0/s1. The lowest BCUT2D eigenvalue weighted by Gasteiger charge is -2.21. The number of benzene rings is 1. The third-order valence-corrected chi connectivity index (χ3v) is 4.81. The highest BCUT2D eigenvalue weighted by atomic mass is 19.4. The van der Waals surface area contributed by atoms with Crippen molar-refractivity contribution in [2.45, 2.75) is 33.0 Å². The number of hydrogen-bond acceptors (Lipinski definition) is 6.